The maximum atomic E-state index is 11.8. The van der Waals surface area contributed by atoms with E-state index in [0.29, 0.717) is 30.2 Å². The Morgan fingerprint density at radius 2 is 2.06 bits per heavy atom. The van der Waals surface area contributed by atoms with E-state index in [1.807, 2.05) is 0 Å². The quantitative estimate of drug-likeness (QED) is 0.573. The van der Waals surface area contributed by atoms with Crippen molar-refractivity contribution in [1.29, 1.82) is 0 Å². The summed E-state index contributed by atoms with van der Waals surface area (Å²) in [6, 6.07) is 4.80. The van der Waals surface area contributed by atoms with Crippen molar-refractivity contribution < 1.29 is 17.9 Å². The number of nitrogens with one attached hydrogen (secondary N) is 1. The van der Waals surface area contributed by atoms with Crippen molar-refractivity contribution in [1.82, 2.24) is 0 Å². The molecule has 0 aliphatic rings. The van der Waals surface area contributed by atoms with Crippen molar-refractivity contribution in [3.05, 3.63) is 18.2 Å². The molecular weight excluding hydrogens is 256 g/mol. The molecular formula is C11H18N2O4S. The van der Waals surface area contributed by atoms with Crippen LogP contribution in [0.4, 0.5) is 11.4 Å². The molecule has 6 nitrogen and oxygen atoms in total. The molecule has 3 N–H and O–H groups in total. The van der Waals surface area contributed by atoms with Gasteiger partial charge in [0.15, 0.2) is 0 Å². The highest BCUT2D eigenvalue weighted by atomic mass is 32.2. The molecule has 0 radical (unpaired) electrons. The van der Waals surface area contributed by atoms with Gasteiger partial charge in [0.1, 0.15) is 5.75 Å². The maximum Gasteiger partial charge on any atom is 0.232 e. The highest BCUT2D eigenvalue weighted by Crippen LogP contribution is 2.25. The van der Waals surface area contributed by atoms with Crippen LogP contribution in [-0.4, -0.2) is 35.0 Å². The zero-order chi connectivity index (χ0) is 13.6. The lowest BCUT2D eigenvalue weighted by Gasteiger charge is -2.11. The molecule has 0 aliphatic carbocycles. The van der Waals surface area contributed by atoms with E-state index >= 15 is 0 Å². The van der Waals surface area contributed by atoms with Crippen LogP contribution in [0.1, 0.15) is 6.42 Å². The fourth-order valence-electron chi connectivity index (χ4n) is 1.36. The molecule has 102 valence electrons. The van der Waals surface area contributed by atoms with Crippen molar-refractivity contribution in [3.8, 4) is 5.75 Å². The van der Waals surface area contributed by atoms with Crippen LogP contribution >= 0.6 is 0 Å². The maximum absolute atomic E-state index is 11.8. The Morgan fingerprint density at radius 1 is 1.33 bits per heavy atom. The summed E-state index contributed by atoms with van der Waals surface area (Å²) >= 11 is 0. The average Bonchev–Trinajstić information content (AvgIpc) is 2.32. The van der Waals surface area contributed by atoms with Gasteiger partial charge in [-0.1, -0.05) is 0 Å². The second-order valence-corrected chi connectivity index (χ2v) is 5.56. The third-order valence-corrected chi connectivity index (χ3v) is 3.64. The van der Waals surface area contributed by atoms with Crippen molar-refractivity contribution in [2.45, 2.75) is 6.42 Å². The van der Waals surface area contributed by atoms with Gasteiger partial charge < -0.3 is 15.2 Å². The molecule has 1 rings (SSSR count). The predicted octanol–water partition coefficient (Wildman–Crippen LogP) is 1.06. The van der Waals surface area contributed by atoms with Crippen molar-refractivity contribution in [2.24, 2.45) is 0 Å². The summed E-state index contributed by atoms with van der Waals surface area (Å²) in [7, 11) is -0.390. The predicted molar refractivity (Wildman–Crippen MR) is 71.3 cm³/mol. The molecule has 0 aliphatic heterocycles. The lowest BCUT2D eigenvalue weighted by Crippen LogP contribution is -2.18. The average molecular weight is 274 g/mol. The molecule has 0 aromatic heterocycles. The third-order valence-electron chi connectivity index (χ3n) is 2.29. The van der Waals surface area contributed by atoms with Crippen LogP contribution in [0.15, 0.2) is 18.2 Å². The van der Waals surface area contributed by atoms with Gasteiger partial charge in [0.25, 0.3) is 0 Å². The number of rotatable bonds is 7. The van der Waals surface area contributed by atoms with E-state index in [0.717, 1.165) is 0 Å². The first-order valence-electron chi connectivity index (χ1n) is 5.41. The highest BCUT2D eigenvalue weighted by molar-refractivity contribution is 7.92. The Hall–Kier alpha value is -1.47. The number of hydrogen-bond donors (Lipinski definition) is 2. The van der Waals surface area contributed by atoms with Crippen LogP contribution in [0.25, 0.3) is 0 Å². The van der Waals surface area contributed by atoms with E-state index in [2.05, 4.69) is 4.72 Å². The van der Waals surface area contributed by atoms with Gasteiger partial charge in [-0.15, -0.1) is 0 Å². The fourth-order valence-corrected chi connectivity index (χ4v) is 2.47. The monoisotopic (exact) mass is 274 g/mol. The second-order valence-electron chi connectivity index (χ2n) is 3.72. The molecule has 0 unspecified atom stereocenters. The van der Waals surface area contributed by atoms with E-state index in [9.17, 15) is 8.42 Å². The third kappa shape index (κ3) is 4.42. The minimum Gasteiger partial charge on any atom is -0.497 e. The summed E-state index contributed by atoms with van der Waals surface area (Å²) in [6.45, 7) is 0.397. The first kappa shape index (κ1) is 14.6. The van der Waals surface area contributed by atoms with Crippen LogP contribution in [0, 0.1) is 0 Å². The van der Waals surface area contributed by atoms with Crippen LogP contribution in [0.2, 0.25) is 0 Å². The van der Waals surface area contributed by atoms with E-state index in [-0.39, 0.29) is 5.75 Å². The van der Waals surface area contributed by atoms with E-state index < -0.39 is 10.0 Å². The molecule has 0 amide bonds. The van der Waals surface area contributed by atoms with Crippen molar-refractivity contribution in [3.63, 3.8) is 0 Å². The number of nitrogens with two attached hydrogens (primary N) is 1. The Labute approximate surface area is 107 Å². The van der Waals surface area contributed by atoms with Gasteiger partial charge >= 0.3 is 0 Å². The van der Waals surface area contributed by atoms with Gasteiger partial charge in [-0.3, -0.25) is 4.72 Å². The molecule has 1 aromatic carbocycles. The van der Waals surface area contributed by atoms with Gasteiger partial charge in [0, 0.05) is 19.8 Å². The van der Waals surface area contributed by atoms with Gasteiger partial charge in [-0.05, 0) is 18.6 Å². The number of nitrogen functional groups attached to an aromatic ring is 1. The smallest absolute Gasteiger partial charge is 0.232 e. The Bertz CT molecular complexity index is 488. The number of hydrogen-bond acceptors (Lipinski definition) is 5. The van der Waals surface area contributed by atoms with E-state index in [1.54, 1.807) is 18.2 Å². The number of benzene rings is 1. The molecule has 0 atom stereocenters. The van der Waals surface area contributed by atoms with Crippen molar-refractivity contribution in [2.75, 3.05) is 37.0 Å². The molecule has 0 fully saturated rings. The van der Waals surface area contributed by atoms with Crippen LogP contribution < -0.4 is 15.2 Å². The van der Waals surface area contributed by atoms with Crippen LogP contribution in [0.5, 0.6) is 5.75 Å². The first-order chi connectivity index (χ1) is 8.48. The first-order valence-corrected chi connectivity index (χ1v) is 7.06. The lowest BCUT2D eigenvalue weighted by molar-refractivity contribution is 0.199. The van der Waals surface area contributed by atoms with Crippen LogP contribution in [-0.2, 0) is 14.8 Å². The second kappa shape index (κ2) is 6.46. The van der Waals surface area contributed by atoms with Gasteiger partial charge in [0.2, 0.25) is 10.0 Å². The Balaban J connectivity index is 2.76. The topological polar surface area (TPSA) is 90.7 Å². The molecule has 7 heteroatoms. The normalized spacial score (nSPS) is 11.2. The van der Waals surface area contributed by atoms with E-state index in [1.165, 1.54) is 14.2 Å². The largest absolute Gasteiger partial charge is 0.497 e. The number of anilines is 2. The highest BCUT2D eigenvalue weighted by Gasteiger charge is 2.12. The summed E-state index contributed by atoms with van der Waals surface area (Å²) in [4.78, 5) is 0. The number of sulfonamides is 1. The number of methoxy groups -OCH3 is 2. The molecule has 1 aromatic rings. The summed E-state index contributed by atoms with van der Waals surface area (Å²) < 4.78 is 35.8. The van der Waals surface area contributed by atoms with Gasteiger partial charge in [0.05, 0.1) is 24.2 Å². The molecule has 0 spiro atoms. The molecule has 18 heavy (non-hydrogen) atoms. The van der Waals surface area contributed by atoms with Crippen LogP contribution in [0.3, 0.4) is 0 Å². The van der Waals surface area contributed by atoms with E-state index in [4.69, 9.17) is 15.2 Å². The Morgan fingerprint density at radius 3 is 2.67 bits per heavy atom. The number of ether oxygens (including phenoxy) is 2. The Kier molecular flexibility index (Phi) is 5.24. The minimum absolute atomic E-state index is 0.0164. The summed E-state index contributed by atoms with van der Waals surface area (Å²) in [6.07, 6.45) is 0.426. The molecule has 0 saturated heterocycles. The van der Waals surface area contributed by atoms with Gasteiger partial charge in [-0.2, -0.15) is 0 Å². The lowest BCUT2D eigenvalue weighted by atomic mass is 10.2. The summed E-state index contributed by atoms with van der Waals surface area (Å²) in [5.41, 5.74) is 6.38. The zero-order valence-corrected chi connectivity index (χ0v) is 11.3. The fraction of sp³-hybridized carbons (Fsp3) is 0.455. The molecule has 0 heterocycles. The summed E-state index contributed by atoms with van der Waals surface area (Å²) in [5, 5.41) is 0. The molecule has 0 bridgehead atoms. The van der Waals surface area contributed by atoms with Gasteiger partial charge in [-0.25, -0.2) is 8.42 Å². The molecule has 0 saturated carbocycles. The minimum atomic E-state index is -3.42. The standard InChI is InChI=1S/C11H18N2O4S/c1-16-6-3-7-18(14,15)13-11-8-9(17-2)4-5-10(11)12/h4-5,8,13H,3,6-7,12H2,1-2H3. The SMILES string of the molecule is COCCCS(=O)(=O)Nc1cc(OC)ccc1N. The summed E-state index contributed by atoms with van der Waals surface area (Å²) in [5.74, 6) is 0.524. The van der Waals surface area contributed by atoms with Crippen molar-refractivity contribution >= 4 is 21.4 Å². The zero-order valence-electron chi connectivity index (χ0n) is 10.5.